The largest absolute Gasteiger partial charge is 0.322 e. The Bertz CT molecular complexity index is 1090. The highest BCUT2D eigenvalue weighted by Gasteiger charge is 2.27. The highest BCUT2D eigenvalue weighted by molar-refractivity contribution is 6.05. The molecule has 0 aliphatic carbocycles. The van der Waals surface area contributed by atoms with E-state index in [2.05, 4.69) is 53.8 Å². The molecule has 1 saturated heterocycles. The van der Waals surface area contributed by atoms with Gasteiger partial charge < -0.3 is 10.6 Å². The molecule has 2 N–H and O–H groups in total. The second-order valence-corrected chi connectivity index (χ2v) is 8.71. The van der Waals surface area contributed by atoms with Crippen molar-refractivity contribution in [2.24, 2.45) is 0 Å². The predicted octanol–water partition coefficient (Wildman–Crippen LogP) is 4.92. The van der Waals surface area contributed by atoms with Gasteiger partial charge in [-0.2, -0.15) is 5.10 Å². The highest BCUT2D eigenvalue weighted by Crippen LogP contribution is 2.31. The molecule has 4 rings (SSSR count). The number of nitrogens with zero attached hydrogens (tertiary/aromatic N) is 2. The van der Waals surface area contributed by atoms with Gasteiger partial charge in [0, 0.05) is 17.2 Å². The van der Waals surface area contributed by atoms with Crippen LogP contribution in [0.15, 0.2) is 54.7 Å². The molecule has 0 unspecified atom stereocenters. The van der Waals surface area contributed by atoms with Crippen molar-refractivity contribution in [1.82, 2.24) is 15.1 Å². The van der Waals surface area contributed by atoms with Gasteiger partial charge in [0.2, 0.25) is 0 Å². The fourth-order valence-electron chi connectivity index (χ4n) is 4.21. The maximum atomic E-state index is 13.2. The summed E-state index contributed by atoms with van der Waals surface area (Å²) in [7, 11) is 0. The topological polar surface area (TPSA) is 76.0 Å². The van der Waals surface area contributed by atoms with E-state index in [-0.39, 0.29) is 17.6 Å². The quantitative estimate of drug-likeness (QED) is 0.545. The lowest BCUT2D eigenvalue weighted by atomic mass is 9.91. The van der Waals surface area contributed by atoms with Crippen LogP contribution in [-0.2, 0) is 0 Å². The highest BCUT2D eigenvalue weighted by atomic mass is 16.1. The average Bonchev–Trinajstić information content (AvgIpc) is 3.25. The first-order valence-electron chi connectivity index (χ1n) is 11.3. The number of ketones is 1. The second-order valence-electron chi connectivity index (χ2n) is 8.71. The number of carbonyl (C=O) groups excluding carboxylic acids is 2. The molecule has 2 aromatic carbocycles. The van der Waals surface area contributed by atoms with Gasteiger partial charge in [-0.05, 0) is 80.7 Å². The van der Waals surface area contributed by atoms with Crippen molar-refractivity contribution in [2.75, 3.05) is 18.4 Å². The number of amides is 1. The van der Waals surface area contributed by atoms with Crippen molar-refractivity contribution < 1.29 is 9.59 Å². The van der Waals surface area contributed by atoms with Gasteiger partial charge in [-0.3, -0.25) is 9.59 Å². The Labute approximate surface area is 189 Å². The van der Waals surface area contributed by atoms with Gasteiger partial charge in [0.1, 0.15) is 0 Å². The minimum Gasteiger partial charge on any atom is -0.322 e. The van der Waals surface area contributed by atoms with Gasteiger partial charge in [0.15, 0.2) is 5.78 Å². The van der Waals surface area contributed by atoms with Crippen LogP contribution in [-0.4, -0.2) is 34.6 Å². The summed E-state index contributed by atoms with van der Waals surface area (Å²) in [4.78, 5) is 24.7. The van der Waals surface area contributed by atoms with Crippen LogP contribution in [0.25, 0.3) is 5.69 Å². The number of nitrogens with one attached hydrogen (secondary N) is 2. The molecular weight excluding hydrogens is 400 g/mol. The summed E-state index contributed by atoms with van der Waals surface area (Å²) in [6, 6.07) is 15.4. The van der Waals surface area contributed by atoms with Gasteiger partial charge in [-0.15, -0.1) is 0 Å². The van der Waals surface area contributed by atoms with Crippen molar-refractivity contribution in [3.8, 4) is 5.69 Å². The monoisotopic (exact) mass is 430 g/mol. The van der Waals surface area contributed by atoms with Crippen LogP contribution in [0, 0.1) is 0 Å². The second kappa shape index (κ2) is 9.49. The average molecular weight is 431 g/mol. The van der Waals surface area contributed by atoms with Crippen LogP contribution in [0.1, 0.15) is 77.4 Å². The first-order valence-corrected chi connectivity index (χ1v) is 11.3. The molecule has 0 saturated carbocycles. The van der Waals surface area contributed by atoms with Gasteiger partial charge in [0.05, 0.1) is 23.1 Å². The van der Waals surface area contributed by atoms with Gasteiger partial charge in [-0.25, -0.2) is 4.68 Å². The first-order chi connectivity index (χ1) is 15.4. The zero-order valence-electron chi connectivity index (χ0n) is 18.9. The van der Waals surface area contributed by atoms with E-state index >= 15 is 0 Å². The van der Waals surface area contributed by atoms with Crippen molar-refractivity contribution in [3.63, 3.8) is 0 Å². The smallest absolute Gasteiger partial charge is 0.259 e. The van der Waals surface area contributed by atoms with Crippen molar-refractivity contribution in [2.45, 2.75) is 45.4 Å². The molecule has 1 aliphatic heterocycles. The number of hydrogen-bond donors (Lipinski definition) is 2. The number of carbonyl (C=O) groups is 2. The van der Waals surface area contributed by atoms with Crippen LogP contribution in [0.4, 0.5) is 5.69 Å². The molecule has 1 fully saturated rings. The predicted molar refractivity (Wildman–Crippen MR) is 127 cm³/mol. The van der Waals surface area contributed by atoms with Crippen molar-refractivity contribution in [1.29, 1.82) is 0 Å². The van der Waals surface area contributed by atoms with E-state index in [1.807, 2.05) is 4.68 Å². The van der Waals surface area contributed by atoms with E-state index < -0.39 is 0 Å². The Balaban J connectivity index is 1.66. The van der Waals surface area contributed by atoms with Gasteiger partial charge in [0.25, 0.3) is 5.91 Å². The number of benzene rings is 2. The molecule has 1 aliphatic rings. The zero-order valence-corrected chi connectivity index (χ0v) is 18.9. The number of aromatic nitrogens is 2. The van der Waals surface area contributed by atoms with Crippen LogP contribution >= 0.6 is 0 Å². The van der Waals surface area contributed by atoms with E-state index in [0.717, 1.165) is 37.3 Å². The van der Waals surface area contributed by atoms with E-state index in [0.29, 0.717) is 22.7 Å². The van der Waals surface area contributed by atoms with E-state index in [4.69, 9.17) is 0 Å². The lowest BCUT2D eigenvalue weighted by Gasteiger charge is -2.25. The lowest BCUT2D eigenvalue weighted by molar-refractivity contribution is 0.101. The molecule has 0 radical (unpaired) electrons. The summed E-state index contributed by atoms with van der Waals surface area (Å²) in [5, 5.41) is 11.0. The molecule has 166 valence electrons. The van der Waals surface area contributed by atoms with Gasteiger partial charge in [-0.1, -0.05) is 26.0 Å². The molecule has 0 spiro atoms. The third-order valence-electron chi connectivity index (χ3n) is 6.13. The van der Waals surface area contributed by atoms with Crippen molar-refractivity contribution >= 4 is 17.4 Å². The van der Waals surface area contributed by atoms with Crippen LogP contribution in [0.2, 0.25) is 0 Å². The number of piperidine rings is 1. The number of hydrogen-bond acceptors (Lipinski definition) is 4. The Morgan fingerprint density at radius 3 is 2.28 bits per heavy atom. The number of anilines is 1. The summed E-state index contributed by atoms with van der Waals surface area (Å²) >= 11 is 0. The maximum absolute atomic E-state index is 13.2. The summed E-state index contributed by atoms with van der Waals surface area (Å²) < 4.78 is 1.92. The van der Waals surface area contributed by atoms with E-state index in [1.54, 1.807) is 30.5 Å². The van der Waals surface area contributed by atoms with Crippen molar-refractivity contribution in [3.05, 3.63) is 77.1 Å². The van der Waals surface area contributed by atoms with Gasteiger partial charge >= 0.3 is 0 Å². The lowest BCUT2D eigenvalue weighted by Crippen LogP contribution is -2.29. The maximum Gasteiger partial charge on any atom is 0.259 e. The molecule has 1 amide bonds. The Morgan fingerprint density at radius 2 is 1.69 bits per heavy atom. The third kappa shape index (κ3) is 4.65. The molecule has 2 heterocycles. The zero-order chi connectivity index (χ0) is 22.7. The fourth-order valence-corrected chi connectivity index (χ4v) is 4.21. The Hall–Kier alpha value is -3.25. The minimum absolute atomic E-state index is 0.000771. The molecule has 0 atom stereocenters. The third-order valence-corrected chi connectivity index (χ3v) is 6.13. The first kappa shape index (κ1) is 22.0. The molecular formula is C26H30N4O2. The molecule has 6 heteroatoms. The minimum atomic E-state index is -0.181. The van der Waals surface area contributed by atoms with Crippen LogP contribution < -0.4 is 10.6 Å². The number of Topliss-reactive ketones (excluding diaryl/α,β-unsaturated/α-hetero) is 1. The normalized spacial score (nSPS) is 14.5. The molecule has 3 aromatic rings. The summed E-state index contributed by atoms with van der Waals surface area (Å²) in [6.45, 7) is 7.73. The summed E-state index contributed by atoms with van der Waals surface area (Å²) in [5.74, 6) is 0.533. The molecule has 32 heavy (non-hydrogen) atoms. The molecule has 0 bridgehead atoms. The molecule has 1 aromatic heterocycles. The van der Waals surface area contributed by atoms with Crippen LogP contribution in [0.5, 0.6) is 0 Å². The van der Waals surface area contributed by atoms with Crippen LogP contribution in [0.3, 0.4) is 0 Å². The molecule has 6 nitrogen and oxygen atoms in total. The van der Waals surface area contributed by atoms with E-state index in [9.17, 15) is 9.59 Å². The standard InChI is InChI=1S/C26H30N4O2/c1-17(2)19-6-10-23(11-7-19)30-25(21-12-14-27-15-13-21)24(16-28-30)26(32)29-22-8-4-20(5-9-22)18(3)31/h4-11,16-17,21,27H,12-15H2,1-3H3,(H,29,32). The SMILES string of the molecule is CC(=O)c1ccc(NC(=O)c2cnn(-c3ccc(C(C)C)cc3)c2C2CCNCC2)cc1. The fraction of sp³-hybridized carbons (Fsp3) is 0.346. The number of rotatable bonds is 6. The Morgan fingerprint density at radius 1 is 1.03 bits per heavy atom. The Kier molecular flexibility index (Phi) is 6.51. The summed E-state index contributed by atoms with van der Waals surface area (Å²) in [5.41, 5.74) is 5.08. The summed E-state index contributed by atoms with van der Waals surface area (Å²) in [6.07, 6.45) is 3.60. The van der Waals surface area contributed by atoms with E-state index in [1.165, 1.54) is 12.5 Å².